The Morgan fingerprint density at radius 3 is 2.50 bits per heavy atom. The van der Waals surface area contributed by atoms with Gasteiger partial charge in [-0.25, -0.2) is 9.86 Å². The van der Waals surface area contributed by atoms with Crippen molar-refractivity contribution in [2.75, 3.05) is 6.54 Å². The van der Waals surface area contributed by atoms with Gasteiger partial charge in [0, 0.05) is 18.0 Å². The number of carbonyl (C=O) groups excluding carboxylic acids is 1. The highest BCUT2D eigenvalue weighted by Crippen LogP contribution is 2.34. The molecule has 0 saturated carbocycles. The van der Waals surface area contributed by atoms with E-state index < -0.39 is 6.03 Å². The summed E-state index contributed by atoms with van der Waals surface area (Å²) in [6.07, 6.45) is 13.1. The number of carbonyl (C=O) groups is 1. The largest absolute Gasteiger partial charge is 0.350 e. The first-order chi connectivity index (χ1) is 13.6. The van der Waals surface area contributed by atoms with Crippen molar-refractivity contribution in [1.82, 2.24) is 10.0 Å². The molecular weight excluding hydrogens is 352 g/mol. The quantitative estimate of drug-likeness (QED) is 0.377. The number of primary amides is 1. The monoisotopic (exact) mass is 380 g/mol. The molecule has 1 unspecified atom stereocenters. The molecule has 0 spiro atoms. The van der Waals surface area contributed by atoms with Crippen LogP contribution in [-0.2, 0) is 5.54 Å². The number of nitrogens with two attached hydrogens (primary N) is 1. The maximum Gasteiger partial charge on any atom is 0.338 e. The van der Waals surface area contributed by atoms with E-state index in [4.69, 9.17) is 10.7 Å². The van der Waals surface area contributed by atoms with Gasteiger partial charge in [0.25, 0.3) is 0 Å². The molecule has 2 heterocycles. The number of unbranched alkanes of at least 4 members (excludes halogenated alkanes) is 5. The Morgan fingerprint density at radius 2 is 1.79 bits per heavy atom. The molecule has 0 radical (unpaired) electrons. The number of fused-ring (bicyclic) bond motifs is 1. The predicted molar refractivity (Wildman–Crippen MR) is 108 cm³/mol. The van der Waals surface area contributed by atoms with Crippen molar-refractivity contribution in [3.8, 4) is 0 Å². The van der Waals surface area contributed by atoms with Gasteiger partial charge in [-0.15, -0.1) is 0 Å². The van der Waals surface area contributed by atoms with E-state index >= 15 is 0 Å². The number of rotatable bonds is 10. The summed E-state index contributed by atoms with van der Waals surface area (Å²) < 4.78 is 0. The van der Waals surface area contributed by atoms with E-state index in [2.05, 4.69) is 35.3 Å². The second-order valence-corrected chi connectivity index (χ2v) is 7.31. The van der Waals surface area contributed by atoms with E-state index in [1.807, 2.05) is 18.3 Å². The molecule has 0 bridgehead atoms. The summed E-state index contributed by atoms with van der Waals surface area (Å²) in [6.45, 7) is 0.297. The first-order valence-electron chi connectivity index (χ1n) is 9.95. The molecule has 1 aromatic heterocycles. The average Bonchev–Trinajstić information content (AvgIpc) is 3.10. The first kappa shape index (κ1) is 20.0. The standard InChI is InChI=1S/C22H28N4O2/c23-21(27)26(28)15-8-4-2-1-3-7-13-22(19-11-9-14-24-17-19)16-18-10-5-6-12-20(18)25-22/h5-6,9-12,14,16-17,28H,1-4,7-8,13,15H2,(H2,23,27). The molecule has 0 aliphatic carbocycles. The van der Waals surface area contributed by atoms with Crippen LogP contribution in [0.4, 0.5) is 4.79 Å². The Balaban J connectivity index is 1.51. The Kier molecular flexibility index (Phi) is 6.76. The number of benzene rings is 1. The third-order valence-electron chi connectivity index (χ3n) is 5.24. The summed E-state index contributed by atoms with van der Waals surface area (Å²) in [4.78, 5) is 20.1. The molecule has 1 aromatic carbocycles. The van der Waals surface area contributed by atoms with Crippen LogP contribution in [0, 0.1) is 0 Å². The predicted octanol–water partition coefficient (Wildman–Crippen LogP) is 2.89. The Bertz CT molecular complexity index is 863. The van der Waals surface area contributed by atoms with Gasteiger partial charge in [0.15, 0.2) is 0 Å². The molecule has 3 rings (SSSR count). The maximum atomic E-state index is 10.7. The number of amides is 2. The van der Waals surface area contributed by atoms with Gasteiger partial charge in [-0.1, -0.05) is 56.4 Å². The molecule has 1 atom stereocenters. The van der Waals surface area contributed by atoms with Crippen LogP contribution in [0.3, 0.4) is 0 Å². The third-order valence-corrected chi connectivity index (χ3v) is 5.24. The van der Waals surface area contributed by atoms with Gasteiger partial charge in [0.05, 0.1) is 11.9 Å². The fraction of sp³-hybridized carbons (Fsp3) is 0.409. The van der Waals surface area contributed by atoms with Crippen LogP contribution in [-0.4, -0.2) is 27.8 Å². The molecule has 1 aliphatic rings. The Labute approximate surface area is 165 Å². The van der Waals surface area contributed by atoms with Gasteiger partial charge in [-0.2, -0.15) is 0 Å². The van der Waals surface area contributed by atoms with Crippen LogP contribution in [0.2, 0.25) is 0 Å². The zero-order chi connectivity index (χ0) is 19.8. The van der Waals surface area contributed by atoms with E-state index in [-0.39, 0.29) is 5.54 Å². The molecule has 1 aliphatic heterocycles. The maximum absolute atomic E-state index is 10.7. The topological polar surface area (TPSA) is 91.8 Å². The molecule has 2 amide bonds. The van der Waals surface area contributed by atoms with Gasteiger partial charge >= 0.3 is 6.03 Å². The number of para-hydroxylation sites is 1. The minimum absolute atomic E-state index is 0.297. The first-order valence-corrected chi connectivity index (χ1v) is 9.95. The highest BCUT2D eigenvalue weighted by molar-refractivity contribution is 5.70. The van der Waals surface area contributed by atoms with Crippen molar-refractivity contribution in [3.63, 3.8) is 0 Å². The van der Waals surface area contributed by atoms with E-state index in [0.717, 1.165) is 55.9 Å². The number of urea groups is 1. The molecule has 28 heavy (non-hydrogen) atoms. The van der Waals surface area contributed by atoms with Gasteiger partial charge in [-0.3, -0.25) is 15.2 Å². The lowest BCUT2D eigenvalue weighted by molar-refractivity contribution is -0.0403. The van der Waals surface area contributed by atoms with Gasteiger partial charge in [0.1, 0.15) is 5.54 Å². The molecule has 6 nitrogen and oxygen atoms in total. The molecule has 2 aromatic rings. The normalized spacial score (nSPS) is 17.5. The summed E-state index contributed by atoms with van der Waals surface area (Å²) in [5.74, 6) is 0. The summed E-state index contributed by atoms with van der Waals surface area (Å²) >= 11 is 0. The minimum atomic E-state index is -0.793. The third kappa shape index (κ3) is 4.95. The number of aromatic nitrogens is 1. The lowest BCUT2D eigenvalue weighted by atomic mass is 9.86. The van der Waals surface area contributed by atoms with Crippen LogP contribution in [0.1, 0.15) is 50.5 Å². The molecule has 6 heteroatoms. The van der Waals surface area contributed by atoms with Gasteiger partial charge < -0.3 is 5.73 Å². The highest BCUT2D eigenvalue weighted by atomic mass is 16.5. The van der Waals surface area contributed by atoms with E-state index in [0.29, 0.717) is 11.6 Å². The lowest BCUT2D eigenvalue weighted by Gasteiger charge is -2.24. The molecule has 148 valence electrons. The summed E-state index contributed by atoms with van der Waals surface area (Å²) in [5, 5.41) is 12.1. The fourth-order valence-electron chi connectivity index (χ4n) is 3.73. The molecule has 0 fully saturated rings. The number of hydrogen-bond acceptors (Lipinski definition) is 4. The number of nitrogens with zero attached hydrogens (tertiary/aromatic N) is 3. The van der Waals surface area contributed by atoms with Gasteiger partial charge in [-0.05, 0) is 36.3 Å². The summed E-state index contributed by atoms with van der Waals surface area (Å²) in [6, 6.07) is 11.6. The van der Waals surface area contributed by atoms with Crippen molar-refractivity contribution in [2.45, 2.75) is 50.5 Å². The Morgan fingerprint density at radius 1 is 1.04 bits per heavy atom. The Hall–Kier alpha value is -2.73. The second-order valence-electron chi connectivity index (χ2n) is 7.31. The van der Waals surface area contributed by atoms with Crippen molar-refractivity contribution < 1.29 is 10.0 Å². The van der Waals surface area contributed by atoms with E-state index in [9.17, 15) is 10.0 Å². The minimum Gasteiger partial charge on any atom is -0.350 e. The molecule has 0 saturated heterocycles. The number of pyridine rings is 1. The molecular formula is C22H28N4O2. The summed E-state index contributed by atoms with van der Waals surface area (Å²) in [5.41, 5.74) is 5.81. The van der Waals surface area contributed by atoms with Crippen molar-refractivity contribution in [1.29, 1.82) is 0 Å². The SMILES string of the molecule is NC(=O)N(O)CCCCCCCCC1(c2cccnc2)C=c2ccccc2=N1. The van der Waals surface area contributed by atoms with Crippen LogP contribution in [0.15, 0.2) is 53.8 Å². The van der Waals surface area contributed by atoms with Crippen LogP contribution in [0.25, 0.3) is 6.08 Å². The average molecular weight is 380 g/mol. The lowest BCUT2D eigenvalue weighted by Crippen LogP contribution is -2.33. The van der Waals surface area contributed by atoms with Crippen molar-refractivity contribution in [3.05, 3.63) is 64.9 Å². The van der Waals surface area contributed by atoms with Crippen LogP contribution >= 0.6 is 0 Å². The number of hydroxylamine groups is 2. The zero-order valence-corrected chi connectivity index (χ0v) is 16.1. The molecule has 3 N–H and O–H groups in total. The highest BCUT2D eigenvalue weighted by Gasteiger charge is 2.31. The van der Waals surface area contributed by atoms with Gasteiger partial charge in [0.2, 0.25) is 0 Å². The second kappa shape index (κ2) is 9.46. The van der Waals surface area contributed by atoms with Crippen LogP contribution < -0.4 is 16.3 Å². The summed E-state index contributed by atoms with van der Waals surface area (Å²) in [7, 11) is 0. The van der Waals surface area contributed by atoms with Crippen molar-refractivity contribution >= 4 is 12.1 Å². The van der Waals surface area contributed by atoms with E-state index in [1.165, 1.54) is 5.22 Å². The van der Waals surface area contributed by atoms with Crippen LogP contribution in [0.5, 0.6) is 0 Å². The zero-order valence-electron chi connectivity index (χ0n) is 16.1. The van der Waals surface area contributed by atoms with E-state index in [1.54, 1.807) is 6.20 Å². The smallest absolute Gasteiger partial charge is 0.338 e. The number of hydrogen-bond donors (Lipinski definition) is 2. The fourth-order valence-corrected chi connectivity index (χ4v) is 3.73. The van der Waals surface area contributed by atoms with Crippen molar-refractivity contribution in [2.24, 2.45) is 10.7 Å².